The van der Waals surface area contributed by atoms with Crippen LogP contribution in [0, 0.1) is 6.92 Å². The van der Waals surface area contributed by atoms with Gasteiger partial charge in [0.05, 0.1) is 5.69 Å². The van der Waals surface area contributed by atoms with Crippen LogP contribution in [-0.4, -0.2) is 11.0 Å². The van der Waals surface area contributed by atoms with Gasteiger partial charge in [-0.3, -0.25) is 9.69 Å². The standard InChI is InChI=1S/C17H14N2OS/c1-12-6-5-7-13(10-12)11-15-16(20)19(17(21)18-15)14-8-3-2-4-9-14/h2-11H,1H3,(H,18,21)/b15-11-. The summed E-state index contributed by atoms with van der Waals surface area (Å²) in [6.07, 6.45) is 1.82. The summed E-state index contributed by atoms with van der Waals surface area (Å²) in [5.41, 5.74) is 3.39. The van der Waals surface area contributed by atoms with E-state index in [0.29, 0.717) is 10.8 Å². The minimum atomic E-state index is -0.132. The normalized spacial score (nSPS) is 16.4. The molecule has 0 spiro atoms. The number of carbonyl (C=O) groups excluding carboxylic acids is 1. The lowest BCUT2D eigenvalue weighted by atomic mass is 10.1. The van der Waals surface area contributed by atoms with Crippen LogP contribution in [0.5, 0.6) is 0 Å². The molecule has 3 nitrogen and oxygen atoms in total. The number of para-hydroxylation sites is 1. The van der Waals surface area contributed by atoms with Crippen LogP contribution in [0.3, 0.4) is 0 Å². The van der Waals surface area contributed by atoms with Crippen LogP contribution in [0.25, 0.3) is 6.08 Å². The van der Waals surface area contributed by atoms with Crippen molar-refractivity contribution >= 4 is 35.0 Å². The second kappa shape index (κ2) is 5.50. The number of aryl methyl sites for hydroxylation is 1. The largest absolute Gasteiger partial charge is 0.327 e. The Balaban J connectivity index is 1.94. The number of anilines is 1. The third kappa shape index (κ3) is 2.71. The number of nitrogens with one attached hydrogen (secondary N) is 1. The zero-order valence-corrected chi connectivity index (χ0v) is 12.4. The van der Waals surface area contributed by atoms with Gasteiger partial charge in [-0.05, 0) is 42.9 Å². The zero-order chi connectivity index (χ0) is 14.8. The van der Waals surface area contributed by atoms with E-state index in [9.17, 15) is 4.79 Å². The van der Waals surface area contributed by atoms with Crippen LogP contribution in [0.1, 0.15) is 11.1 Å². The zero-order valence-electron chi connectivity index (χ0n) is 11.5. The van der Waals surface area contributed by atoms with Gasteiger partial charge in [0.2, 0.25) is 0 Å². The Hall–Kier alpha value is -2.46. The van der Waals surface area contributed by atoms with Crippen molar-refractivity contribution in [1.82, 2.24) is 5.32 Å². The second-order valence-corrected chi connectivity index (χ2v) is 5.27. The highest BCUT2D eigenvalue weighted by Crippen LogP contribution is 2.22. The summed E-state index contributed by atoms with van der Waals surface area (Å²) >= 11 is 5.27. The van der Waals surface area contributed by atoms with Crippen molar-refractivity contribution in [1.29, 1.82) is 0 Å². The number of thiocarbonyl (C=S) groups is 1. The predicted octanol–water partition coefficient (Wildman–Crippen LogP) is 3.26. The van der Waals surface area contributed by atoms with Crippen molar-refractivity contribution in [3.63, 3.8) is 0 Å². The molecule has 0 aliphatic carbocycles. The highest BCUT2D eigenvalue weighted by Gasteiger charge is 2.31. The lowest BCUT2D eigenvalue weighted by Gasteiger charge is -2.13. The topological polar surface area (TPSA) is 32.3 Å². The Labute approximate surface area is 128 Å². The van der Waals surface area contributed by atoms with Crippen LogP contribution >= 0.6 is 12.2 Å². The van der Waals surface area contributed by atoms with Crippen molar-refractivity contribution in [2.75, 3.05) is 4.90 Å². The first-order valence-electron chi connectivity index (χ1n) is 6.64. The minimum Gasteiger partial charge on any atom is -0.327 e. The Morgan fingerprint density at radius 2 is 1.86 bits per heavy atom. The number of hydrogen-bond acceptors (Lipinski definition) is 2. The van der Waals surface area contributed by atoms with E-state index in [-0.39, 0.29) is 5.91 Å². The smallest absolute Gasteiger partial charge is 0.281 e. The third-order valence-corrected chi connectivity index (χ3v) is 3.53. The van der Waals surface area contributed by atoms with Crippen LogP contribution in [0.2, 0.25) is 0 Å². The Kier molecular flexibility index (Phi) is 3.54. The third-order valence-electron chi connectivity index (χ3n) is 3.25. The van der Waals surface area contributed by atoms with Crippen molar-refractivity contribution in [2.24, 2.45) is 0 Å². The number of rotatable bonds is 2. The summed E-state index contributed by atoms with van der Waals surface area (Å²) < 4.78 is 0. The number of benzene rings is 2. The average molecular weight is 294 g/mol. The van der Waals surface area contributed by atoms with E-state index in [1.165, 1.54) is 4.90 Å². The molecule has 2 aromatic carbocycles. The summed E-state index contributed by atoms with van der Waals surface area (Å²) in [6, 6.07) is 17.4. The van der Waals surface area contributed by atoms with E-state index in [1.807, 2.05) is 67.6 Å². The van der Waals surface area contributed by atoms with E-state index in [0.717, 1.165) is 16.8 Å². The maximum absolute atomic E-state index is 12.5. The van der Waals surface area contributed by atoms with Gasteiger partial charge in [-0.1, -0.05) is 48.0 Å². The molecule has 0 aromatic heterocycles. The quantitative estimate of drug-likeness (QED) is 0.681. The van der Waals surface area contributed by atoms with Crippen molar-refractivity contribution in [3.05, 3.63) is 71.4 Å². The fraction of sp³-hybridized carbons (Fsp3) is 0.0588. The van der Waals surface area contributed by atoms with E-state index < -0.39 is 0 Å². The van der Waals surface area contributed by atoms with Gasteiger partial charge in [-0.25, -0.2) is 0 Å². The van der Waals surface area contributed by atoms with Gasteiger partial charge in [-0.15, -0.1) is 0 Å². The van der Waals surface area contributed by atoms with Gasteiger partial charge in [0, 0.05) is 0 Å². The molecule has 1 aliphatic heterocycles. The Morgan fingerprint density at radius 1 is 1.10 bits per heavy atom. The maximum atomic E-state index is 12.5. The Morgan fingerprint density at radius 3 is 2.57 bits per heavy atom. The van der Waals surface area contributed by atoms with Gasteiger partial charge in [0.15, 0.2) is 5.11 Å². The molecule has 1 heterocycles. The molecule has 0 saturated carbocycles. The molecule has 1 fully saturated rings. The monoisotopic (exact) mass is 294 g/mol. The van der Waals surface area contributed by atoms with Crippen molar-refractivity contribution in [2.45, 2.75) is 6.92 Å². The molecule has 3 rings (SSSR count). The maximum Gasteiger partial charge on any atom is 0.281 e. The van der Waals surface area contributed by atoms with E-state index >= 15 is 0 Å². The number of hydrogen-bond donors (Lipinski definition) is 1. The highest BCUT2D eigenvalue weighted by molar-refractivity contribution is 7.80. The van der Waals surface area contributed by atoms with Crippen LogP contribution < -0.4 is 10.2 Å². The van der Waals surface area contributed by atoms with Gasteiger partial charge in [0.1, 0.15) is 5.70 Å². The first-order valence-corrected chi connectivity index (χ1v) is 7.05. The molecule has 1 aliphatic rings. The molecule has 21 heavy (non-hydrogen) atoms. The first-order chi connectivity index (χ1) is 10.1. The predicted molar refractivity (Wildman–Crippen MR) is 88.8 cm³/mol. The molecule has 0 atom stereocenters. The highest BCUT2D eigenvalue weighted by atomic mass is 32.1. The molecule has 0 unspecified atom stereocenters. The summed E-state index contributed by atoms with van der Waals surface area (Å²) in [6.45, 7) is 2.02. The molecule has 0 radical (unpaired) electrons. The van der Waals surface area contributed by atoms with Crippen molar-refractivity contribution in [3.8, 4) is 0 Å². The summed E-state index contributed by atoms with van der Waals surface area (Å²) in [7, 11) is 0. The summed E-state index contributed by atoms with van der Waals surface area (Å²) in [5, 5.41) is 3.40. The van der Waals surface area contributed by atoms with E-state index in [4.69, 9.17) is 12.2 Å². The van der Waals surface area contributed by atoms with Crippen molar-refractivity contribution < 1.29 is 4.79 Å². The van der Waals surface area contributed by atoms with E-state index in [2.05, 4.69) is 5.32 Å². The summed E-state index contributed by atoms with van der Waals surface area (Å²) in [5.74, 6) is -0.132. The molecule has 1 amide bonds. The van der Waals surface area contributed by atoms with E-state index in [1.54, 1.807) is 0 Å². The molecular formula is C17H14N2OS. The van der Waals surface area contributed by atoms with Gasteiger partial charge in [-0.2, -0.15) is 0 Å². The summed E-state index contributed by atoms with van der Waals surface area (Å²) in [4.78, 5) is 14.0. The fourth-order valence-electron chi connectivity index (χ4n) is 2.27. The Bertz CT molecular complexity index is 737. The number of nitrogens with zero attached hydrogens (tertiary/aromatic N) is 1. The average Bonchev–Trinajstić information content (AvgIpc) is 2.74. The van der Waals surface area contributed by atoms with Crippen LogP contribution in [0.15, 0.2) is 60.3 Å². The van der Waals surface area contributed by atoms with Gasteiger partial charge < -0.3 is 5.32 Å². The lowest BCUT2D eigenvalue weighted by Crippen LogP contribution is -2.30. The molecular weight excluding hydrogens is 280 g/mol. The first kappa shape index (κ1) is 13.5. The van der Waals surface area contributed by atoms with Crippen LogP contribution in [0.4, 0.5) is 5.69 Å². The molecule has 2 aromatic rings. The molecule has 1 saturated heterocycles. The second-order valence-electron chi connectivity index (χ2n) is 4.88. The molecule has 4 heteroatoms. The SMILES string of the molecule is Cc1cccc(/C=C2\NC(=S)N(c3ccccc3)C2=O)c1. The van der Waals surface area contributed by atoms with Gasteiger partial charge in [0.25, 0.3) is 5.91 Å². The molecule has 1 N–H and O–H groups in total. The molecule has 0 bridgehead atoms. The minimum absolute atomic E-state index is 0.132. The van der Waals surface area contributed by atoms with Gasteiger partial charge >= 0.3 is 0 Å². The fourth-order valence-corrected chi connectivity index (χ4v) is 2.57. The van der Waals surface area contributed by atoms with Crippen LogP contribution in [-0.2, 0) is 4.79 Å². The number of amides is 1. The lowest BCUT2D eigenvalue weighted by molar-refractivity contribution is -0.113. The molecule has 104 valence electrons. The number of carbonyl (C=O) groups is 1.